The lowest BCUT2D eigenvalue weighted by Crippen LogP contribution is -2.28. The number of halogens is 1. The van der Waals surface area contributed by atoms with Crippen molar-refractivity contribution >= 4 is 17.5 Å². The van der Waals surface area contributed by atoms with Crippen LogP contribution in [0.2, 0.25) is 5.02 Å². The number of carbonyl (C=O) groups excluding carboxylic acids is 1. The predicted octanol–water partition coefficient (Wildman–Crippen LogP) is 4.73. The van der Waals surface area contributed by atoms with Gasteiger partial charge in [-0.3, -0.25) is 4.79 Å². The topological polar surface area (TPSA) is 47.6 Å². The minimum atomic E-state index is -0.207. The van der Waals surface area contributed by atoms with E-state index in [2.05, 4.69) is 5.32 Å². The van der Waals surface area contributed by atoms with Crippen LogP contribution in [0, 0.1) is 0 Å². The van der Waals surface area contributed by atoms with Crippen molar-refractivity contribution in [1.29, 1.82) is 0 Å². The van der Waals surface area contributed by atoms with Crippen molar-refractivity contribution in [2.45, 2.75) is 6.61 Å². The van der Waals surface area contributed by atoms with Gasteiger partial charge in [0.2, 0.25) is 0 Å². The second kappa shape index (κ2) is 9.64. The molecule has 27 heavy (non-hydrogen) atoms. The number of hydrogen-bond donors (Lipinski definition) is 1. The molecule has 0 aliphatic carbocycles. The molecule has 5 heteroatoms. The SMILES string of the molecule is O=C(NCCOc1ccccc1Cl)c1ccccc1OCc1ccccc1. The lowest BCUT2D eigenvalue weighted by molar-refractivity contribution is 0.0942. The number of amides is 1. The smallest absolute Gasteiger partial charge is 0.255 e. The van der Waals surface area contributed by atoms with E-state index in [0.717, 1.165) is 5.56 Å². The lowest BCUT2D eigenvalue weighted by atomic mass is 10.2. The van der Waals surface area contributed by atoms with Gasteiger partial charge in [0, 0.05) is 0 Å². The van der Waals surface area contributed by atoms with Crippen LogP contribution < -0.4 is 14.8 Å². The minimum Gasteiger partial charge on any atom is -0.490 e. The molecule has 0 fully saturated rings. The summed E-state index contributed by atoms with van der Waals surface area (Å²) in [7, 11) is 0. The molecular formula is C22H20ClNO3. The number of nitrogens with one attached hydrogen (secondary N) is 1. The first-order valence-electron chi connectivity index (χ1n) is 8.65. The van der Waals surface area contributed by atoms with Crippen LogP contribution in [-0.2, 0) is 6.61 Å². The molecule has 0 unspecified atom stereocenters. The summed E-state index contributed by atoms with van der Waals surface area (Å²) in [6, 6.07) is 24.2. The van der Waals surface area contributed by atoms with E-state index in [9.17, 15) is 4.79 Å². The zero-order chi connectivity index (χ0) is 18.9. The standard InChI is InChI=1S/C22H20ClNO3/c23-19-11-5-7-13-21(19)26-15-14-24-22(25)18-10-4-6-12-20(18)27-16-17-8-2-1-3-9-17/h1-13H,14-16H2,(H,24,25). The highest BCUT2D eigenvalue weighted by molar-refractivity contribution is 6.32. The summed E-state index contributed by atoms with van der Waals surface area (Å²) >= 11 is 6.04. The van der Waals surface area contributed by atoms with Gasteiger partial charge in [-0.1, -0.05) is 66.2 Å². The monoisotopic (exact) mass is 381 g/mol. The van der Waals surface area contributed by atoms with E-state index in [1.807, 2.05) is 54.6 Å². The molecule has 1 N–H and O–H groups in total. The quantitative estimate of drug-likeness (QED) is 0.574. The fourth-order valence-electron chi connectivity index (χ4n) is 2.50. The van der Waals surface area contributed by atoms with Crippen LogP contribution in [0.1, 0.15) is 15.9 Å². The van der Waals surface area contributed by atoms with Gasteiger partial charge in [0.25, 0.3) is 5.91 Å². The first-order chi connectivity index (χ1) is 13.2. The highest BCUT2D eigenvalue weighted by Gasteiger charge is 2.12. The van der Waals surface area contributed by atoms with Gasteiger partial charge < -0.3 is 14.8 Å². The number of rotatable bonds is 8. The Balaban J connectivity index is 1.53. The Kier molecular flexibility index (Phi) is 6.72. The Morgan fingerprint density at radius 3 is 2.26 bits per heavy atom. The summed E-state index contributed by atoms with van der Waals surface area (Å²) in [5.41, 5.74) is 1.53. The summed E-state index contributed by atoms with van der Waals surface area (Å²) in [4.78, 5) is 12.5. The highest BCUT2D eigenvalue weighted by atomic mass is 35.5. The Bertz CT molecular complexity index is 883. The molecule has 0 atom stereocenters. The van der Waals surface area contributed by atoms with Gasteiger partial charge in [0.05, 0.1) is 17.1 Å². The van der Waals surface area contributed by atoms with Crippen LogP contribution >= 0.6 is 11.6 Å². The number of benzene rings is 3. The van der Waals surface area contributed by atoms with Crippen LogP contribution in [0.3, 0.4) is 0 Å². The van der Waals surface area contributed by atoms with Crippen LogP contribution in [-0.4, -0.2) is 19.1 Å². The Morgan fingerprint density at radius 1 is 0.815 bits per heavy atom. The molecule has 138 valence electrons. The predicted molar refractivity (Wildman–Crippen MR) is 106 cm³/mol. The third-order valence-corrected chi connectivity index (χ3v) is 4.16. The molecule has 3 aromatic carbocycles. The molecule has 0 aliphatic heterocycles. The van der Waals surface area contributed by atoms with Gasteiger partial charge in [0.15, 0.2) is 0 Å². The first kappa shape index (κ1) is 18.8. The van der Waals surface area contributed by atoms with Crippen molar-refractivity contribution in [2.24, 2.45) is 0 Å². The molecule has 0 aromatic heterocycles. The van der Waals surface area contributed by atoms with Crippen molar-refractivity contribution in [3.05, 3.63) is 95.0 Å². The number of carbonyl (C=O) groups is 1. The van der Waals surface area contributed by atoms with Crippen LogP contribution in [0.15, 0.2) is 78.9 Å². The molecule has 0 saturated heterocycles. The molecule has 0 aliphatic rings. The lowest BCUT2D eigenvalue weighted by Gasteiger charge is -2.12. The zero-order valence-electron chi connectivity index (χ0n) is 14.7. The van der Waals surface area contributed by atoms with Crippen molar-refractivity contribution < 1.29 is 14.3 Å². The summed E-state index contributed by atoms with van der Waals surface area (Å²) in [5.74, 6) is 0.937. The Hall–Kier alpha value is -2.98. The van der Waals surface area contributed by atoms with E-state index in [1.54, 1.807) is 24.3 Å². The van der Waals surface area contributed by atoms with Crippen LogP contribution in [0.5, 0.6) is 11.5 Å². The first-order valence-corrected chi connectivity index (χ1v) is 9.03. The minimum absolute atomic E-state index is 0.207. The van der Waals surface area contributed by atoms with Crippen molar-refractivity contribution in [2.75, 3.05) is 13.2 Å². The number of para-hydroxylation sites is 2. The molecule has 0 spiro atoms. The largest absolute Gasteiger partial charge is 0.490 e. The van der Waals surface area contributed by atoms with Gasteiger partial charge >= 0.3 is 0 Å². The fourth-order valence-corrected chi connectivity index (χ4v) is 2.69. The molecule has 1 amide bonds. The molecule has 0 bridgehead atoms. The van der Waals surface area contributed by atoms with E-state index in [-0.39, 0.29) is 5.91 Å². The molecule has 0 radical (unpaired) electrons. The number of hydrogen-bond acceptors (Lipinski definition) is 3. The second-order valence-corrected chi connectivity index (χ2v) is 6.21. The van der Waals surface area contributed by atoms with Gasteiger partial charge in [-0.25, -0.2) is 0 Å². The van der Waals surface area contributed by atoms with Crippen LogP contribution in [0.4, 0.5) is 0 Å². The van der Waals surface area contributed by atoms with E-state index >= 15 is 0 Å². The van der Waals surface area contributed by atoms with E-state index in [4.69, 9.17) is 21.1 Å². The Morgan fingerprint density at radius 2 is 1.48 bits per heavy atom. The molecule has 0 saturated carbocycles. The van der Waals surface area contributed by atoms with E-state index in [0.29, 0.717) is 41.8 Å². The summed E-state index contributed by atoms with van der Waals surface area (Å²) < 4.78 is 11.4. The summed E-state index contributed by atoms with van der Waals surface area (Å²) in [6.07, 6.45) is 0. The van der Waals surface area contributed by atoms with E-state index < -0.39 is 0 Å². The molecular weight excluding hydrogens is 362 g/mol. The maximum absolute atomic E-state index is 12.5. The molecule has 4 nitrogen and oxygen atoms in total. The third-order valence-electron chi connectivity index (χ3n) is 3.85. The van der Waals surface area contributed by atoms with Gasteiger partial charge in [-0.15, -0.1) is 0 Å². The van der Waals surface area contributed by atoms with Crippen molar-refractivity contribution in [1.82, 2.24) is 5.32 Å². The maximum Gasteiger partial charge on any atom is 0.255 e. The average molecular weight is 382 g/mol. The van der Waals surface area contributed by atoms with E-state index in [1.165, 1.54) is 0 Å². The zero-order valence-corrected chi connectivity index (χ0v) is 15.5. The summed E-state index contributed by atoms with van der Waals surface area (Å²) in [5, 5.41) is 3.39. The normalized spacial score (nSPS) is 10.3. The molecule has 3 rings (SSSR count). The fraction of sp³-hybridized carbons (Fsp3) is 0.136. The van der Waals surface area contributed by atoms with Crippen molar-refractivity contribution in [3.8, 4) is 11.5 Å². The van der Waals surface area contributed by atoms with Crippen LogP contribution in [0.25, 0.3) is 0 Å². The van der Waals surface area contributed by atoms with Gasteiger partial charge in [-0.05, 0) is 29.8 Å². The average Bonchev–Trinajstić information content (AvgIpc) is 2.71. The molecule has 3 aromatic rings. The molecule has 0 heterocycles. The summed E-state index contributed by atoms with van der Waals surface area (Å²) in [6.45, 7) is 1.08. The highest BCUT2D eigenvalue weighted by Crippen LogP contribution is 2.23. The van der Waals surface area contributed by atoms with Gasteiger partial charge in [-0.2, -0.15) is 0 Å². The second-order valence-electron chi connectivity index (χ2n) is 5.81. The third kappa shape index (κ3) is 5.50. The van der Waals surface area contributed by atoms with Crippen molar-refractivity contribution in [3.63, 3.8) is 0 Å². The number of ether oxygens (including phenoxy) is 2. The Labute approximate surface area is 163 Å². The maximum atomic E-state index is 12.5. The van der Waals surface area contributed by atoms with Gasteiger partial charge in [0.1, 0.15) is 24.7 Å².